The van der Waals surface area contributed by atoms with Crippen LogP contribution in [-0.4, -0.2) is 23.6 Å². The van der Waals surface area contributed by atoms with Crippen molar-refractivity contribution in [2.24, 2.45) is 11.7 Å². The molecule has 1 heterocycles. The number of hydrogen-bond acceptors (Lipinski definition) is 3. The van der Waals surface area contributed by atoms with Crippen LogP contribution in [0.5, 0.6) is 0 Å². The summed E-state index contributed by atoms with van der Waals surface area (Å²) in [6.07, 6.45) is 6.93. The van der Waals surface area contributed by atoms with Crippen LogP contribution in [-0.2, 0) is 21.5 Å². The minimum atomic E-state index is -0.886. The van der Waals surface area contributed by atoms with E-state index in [-0.39, 0.29) is 40.8 Å². The first-order valence-corrected chi connectivity index (χ1v) is 13.1. The van der Waals surface area contributed by atoms with E-state index in [4.69, 9.17) is 10.5 Å². The third kappa shape index (κ3) is 5.28. The van der Waals surface area contributed by atoms with Gasteiger partial charge in [-0.1, -0.05) is 72.8 Å². The fourth-order valence-corrected chi connectivity index (χ4v) is 6.31. The van der Waals surface area contributed by atoms with E-state index in [2.05, 4.69) is 28.5 Å². The number of nitrogens with two attached hydrogens (primary N) is 1. The van der Waals surface area contributed by atoms with Crippen LogP contribution in [0.3, 0.4) is 0 Å². The van der Waals surface area contributed by atoms with Crippen LogP contribution >= 0.6 is 0 Å². The van der Waals surface area contributed by atoms with Gasteiger partial charge in [0.05, 0.1) is 12.7 Å². The molecule has 0 radical (unpaired) electrons. The topological polar surface area (TPSA) is 78.2 Å². The van der Waals surface area contributed by atoms with Gasteiger partial charge in [0, 0.05) is 6.92 Å². The number of imidazole rings is 1. The molecule has 1 saturated carbocycles. The van der Waals surface area contributed by atoms with Crippen LogP contribution in [0.4, 0.5) is 0 Å². The molecule has 4 aromatic rings. The van der Waals surface area contributed by atoms with Crippen molar-refractivity contribution in [2.75, 3.05) is 7.11 Å². The molecule has 6 nitrogen and oxygen atoms in total. The molecule has 1 fully saturated rings. The van der Waals surface area contributed by atoms with Gasteiger partial charge in [0.1, 0.15) is 30.4 Å². The van der Waals surface area contributed by atoms with Gasteiger partial charge in [0.15, 0.2) is 0 Å². The van der Waals surface area contributed by atoms with Crippen molar-refractivity contribution in [3.05, 3.63) is 125 Å². The summed E-state index contributed by atoms with van der Waals surface area (Å²) in [5, 5.41) is 0. The van der Waals surface area contributed by atoms with Crippen molar-refractivity contribution in [1.29, 1.82) is 0 Å². The lowest BCUT2D eigenvalue weighted by molar-refractivity contribution is -0.694. The normalized spacial score (nSPS) is 16.9. The molecule has 2 atom stereocenters. The summed E-state index contributed by atoms with van der Waals surface area (Å²) in [5.74, 6) is 0.563. The van der Waals surface area contributed by atoms with Crippen molar-refractivity contribution in [1.82, 2.24) is 4.57 Å². The third-order valence-corrected chi connectivity index (χ3v) is 8.16. The zero-order chi connectivity index (χ0) is 26.7. The summed E-state index contributed by atoms with van der Waals surface area (Å²) in [5.41, 5.74) is 8.88. The van der Waals surface area contributed by atoms with E-state index in [9.17, 15) is 9.59 Å². The highest BCUT2D eigenvalue weighted by molar-refractivity contribution is 5.91. The van der Waals surface area contributed by atoms with Gasteiger partial charge in [-0.25, -0.2) is 13.9 Å². The maximum atomic E-state index is 13.4. The summed E-state index contributed by atoms with van der Waals surface area (Å²) in [6.45, 7) is 2.77. The maximum absolute atomic E-state index is 13.4. The molecule has 0 aliphatic heterocycles. The second-order valence-electron chi connectivity index (χ2n) is 10.1. The number of primary amides is 1. The van der Waals surface area contributed by atoms with Gasteiger partial charge in [-0.2, -0.15) is 0 Å². The summed E-state index contributed by atoms with van der Waals surface area (Å²) < 4.78 is 9.39. The molecule has 202 valence electrons. The highest BCUT2D eigenvalue weighted by atomic mass is 79.9. The second kappa shape index (κ2) is 12.0. The van der Waals surface area contributed by atoms with E-state index >= 15 is 0 Å². The Kier molecular flexibility index (Phi) is 8.70. The van der Waals surface area contributed by atoms with Crippen molar-refractivity contribution in [3.63, 3.8) is 0 Å². The zero-order valence-corrected chi connectivity index (χ0v) is 23.9. The molecule has 1 aliphatic carbocycles. The lowest BCUT2D eigenvalue weighted by atomic mass is 9.64. The minimum Gasteiger partial charge on any atom is -1.00 e. The second-order valence-corrected chi connectivity index (χ2v) is 10.1. The number of ether oxygens (including phenoxy) is 1. The predicted octanol–water partition coefficient (Wildman–Crippen LogP) is 1.74. The van der Waals surface area contributed by atoms with Crippen LogP contribution in [0.15, 0.2) is 97.3 Å². The van der Waals surface area contributed by atoms with Crippen LogP contribution in [0.2, 0.25) is 0 Å². The van der Waals surface area contributed by atoms with Crippen LogP contribution in [0, 0.1) is 12.8 Å². The Balaban J connectivity index is 0.00000353. The number of halogens is 1. The molecule has 1 amide bonds. The van der Waals surface area contributed by atoms with Gasteiger partial charge < -0.3 is 27.5 Å². The number of hydrogen-bond donors (Lipinski definition) is 1. The summed E-state index contributed by atoms with van der Waals surface area (Å²) in [7, 11) is 1.39. The monoisotopic (exact) mass is 587 g/mol. The standard InChI is InChI=1S/C32H33N3O3.BrH/c1-23-34(22-24-10-9-11-25(20-24)30(36)38-2)18-19-35(23)29-17-16-28(21-29)32(31(33)37,26-12-5-3-6-13-26)27-14-7-4-8-15-27;/h3-15,18-20,28-29H,16-17,21-22H2,1-2H3,(H-,33,37);1H. The van der Waals surface area contributed by atoms with Gasteiger partial charge in [-0.3, -0.25) is 4.79 Å². The molecule has 7 heteroatoms. The van der Waals surface area contributed by atoms with Crippen molar-refractivity contribution < 1.29 is 35.9 Å². The van der Waals surface area contributed by atoms with E-state index in [0.29, 0.717) is 12.1 Å². The molecule has 5 rings (SSSR count). The van der Waals surface area contributed by atoms with E-state index in [1.54, 1.807) is 6.07 Å². The Bertz CT molecular complexity index is 1400. The molecular formula is C32H34BrN3O3. The molecule has 2 unspecified atom stereocenters. The number of nitrogens with zero attached hydrogens (tertiary/aromatic N) is 2. The molecule has 1 aromatic heterocycles. The average Bonchev–Trinajstić information content (AvgIpc) is 3.57. The number of amides is 1. The van der Waals surface area contributed by atoms with Gasteiger partial charge >= 0.3 is 5.97 Å². The number of esters is 1. The molecule has 39 heavy (non-hydrogen) atoms. The quantitative estimate of drug-likeness (QED) is 0.252. The first-order chi connectivity index (χ1) is 18.4. The first-order valence-electron chi connectivity index (χ1n) is 13.1. The highest BCUT2D eigenvalue weighted by Gasteiger charge is 2.51. The zero-order valence-electron chi connectivity index (χ0n) is 22.3. The molecule has 0 bridgehead atoms. The Morgan fingerprint density at radius 3 is 2.21 bits per heavy atom. The van der Waals surface area contributed by atoms with Crippen molar-refractivity contribution in [3.8, 4) is 0 Å². The summed E-state index contributed by atoms with van der Waals surface area (Å²) in [4.78, 5) is 25.4. The predicted molar refractivity (Wildman–Crippen MR) is 145 cm³/mol. The lowest BCUT2D eigenvalue weighted by Gasteiger charge is -2.37. The Hall–Kier alpha value is -3.71. The number of aromatic nitrogens is 2. The Labute approximate surface area is 240 Å². The maximum Gasteiger partial charge on any atom is 0.337 e. The fourth-order valence-electron chi connectivity index (χ4n) is 6.31. The van der Waals surface area contributed by atoms with Crippen molar-refractivity contribution >= 4 is 11.9 Å². The first kappa shape index (κ1) is 28.3. The van der Waals surface area contributed by atoms with Crippen LogP contribution < -0.4 is 27.3 Å². The number of carbonyl (C=O) groups excluding carboxylic acids is 2. The van der Waals surface area contributed by atoms with Gasteiger partial charge in [0.2, 0.25) is 5.91 Å². The van der Waals surface area contributed by atoms with Gasteiger partial charge in [-0.05, 0) is 54.0 Å². The number of carbonyl (C=O) groups is 2. The highest BCUT2D eigenvalue weighted by Crippen LogP contribution is 2.49. The summed E-state index contributed by atoms with van der Waals surface area (Å²) in [6, 6.07) is 27.8. The van der Waals surface area contributed by atoms with Crippen LogP contribution in [0.1, 0.15) is 58.2 Å². The van der Waals surface area contributed by atoms with Crippen LogP contribution in [0.25, 0.3) is 0 Å². The number of methoxy groups -OCH3 is 1. The molecule has 0 spiro atoms. The third-order valence-electron chi connectivity index (χ3n) is 8.16. The fraction of sp³-hybridized carbons (Fsp3) is 0.281. The smallest absolute Gasteiger partial charge is 0.337 e. The lowest BCUT2D eigenvalue weighted by Crippen LogP contribution is -3.00. The molecular weight excluding hydrogens is 554 g/mol. The minimum absolute atomic E-state index is 0. The molecule has 3 aromatic carbocycles. The van der Waals surface area contributed by atoms with E-state index in [1.165, 1.54) is 7.11 Å². The summed E-state index contributed by atoms with van der Waals surface area (Å²) >= 11 is 0. The number of rotatable bonds is 8. The van der Waals surface area contributed by atoms with Gasteiger partial charge in [0.25, 0.3) is 5.82 Å². The Morgan fingerprint density at radius 1 is 0.974 bits per heavy atom. The SMILES string of the molecule is COC(=O)c1cccc(C[n+]2ccn(C3CCC(C(C(N)=O)(c4ccccc4)c4ccccc4)C3)c2C)c1.[Br-]. The Morgan fingerprint density at radius 2 is 1.62 bits per heavy atom. The van der Waals surface area contributed by atoms with E-state index in [1.807, 2.05) is 78.9 Å². The van der Waals surface area contributed by atoms with Gasteiger partial charge in [-0.15, -0.1) is 0 Å². The molecule has 0 saturated heterocycles. The van der Waals surface area contributed by atoms with Crippen molar-refractivity contribution in [2.45, 2.75) is 44.2 Å². The molecule has 2 N–H and O–H groups in total. The largest absolute Gasteiger partial charge is 1.00 e. The van der Waals surface area contributed by atoms with E-state index < -0.39 is 5.41 Å². The molecule has 1 aliphatic rings. The van der Waals surface area contributed by atoms with E-state index in [0.717, 1.165) is 41.8 Å². The number of benzene rings is 3. The average molecular weight is 589 g/mol.